The zero-order chi connectivity index (χ0) is 18.4. The minimum absolute atomic E-state index is 0.0125. The molecule has 0 aliphatic carbocycles. The lowest BCUT2D eigenvalue weighted by Crippen LogP contribution is -2.30. The number of nitrogens with zero attached hydrogens (tertiary/aromatic N) is 4. The predicted molar refractivity (Wildman–Crippen MR) is 99.5 cm³/mol. The molecule has 1 saturated heterocycles. The summed E-state index contributed by atoms with van der Waals surface area (Å²) in [4.78, 5) is 32.3. The summed E-state index contributed by atoms with van der Waals surface area (Å²) in [5.74, 6) is -0.0457. The number of benzene rings is 1. The second-order valence-corrected chi connectivity index (χ2v) is 7.25. The van der Waals surface area contributed by atoms with Crippen molar-refractivity contribution in [1.29, 1.82) is 0 Å². The first-order valence-electron chi connectivity index (χ1n) is 8.94. The van der Waals surface area contributed by atoms with Crippen LogP contribution in [0, 0.1) is 0 Å². The van der Waals surface area contributed by atoms with Gasteiger partial charge in [0.05, 0.1) is 6.33 Å². The number of anilines is 2. The highest BCUT2D eigenvalue weighted by molar-refractivity contribution is 5.98. The average molecular weight is 353 g/mol. The number of carbonyl (C=O) groups excluding carboxylic acids is 2. The Labute approximate surface area is 152 Å². The highest BCUT2D eigenvalue weighted by Crippen LogP contribution is 2.39. The van der Waals surface area contributed by atoms with Crippen LogP contribution in [0.5, 0.6) is 0 Å². The summed E-state index contributed by atoms with van der Waals surface area (Å²) in [6.07, 6.45) is 4.06. The van der Waals surface area contributed by atoms with Crippen LogP contribution in [0.25, 0.3) is 0 Å². The fraction of sp³-hybridized carbons (Fsp3) is 0.421. The number of hydrogen-bond donors (Lipinski definition) is 1. The van der Waals surface area contributed by atoms with Gasteiger partial charge in [-0.25, -0.2) is 9.78 Å². The van der Waals surface area contributed by atoms with E-state index in [1.54, 1.807) is 16.8 Å². The van der Waals surface area contributed by atoms with Gasteiger partial charge < -0.3 is 14.8 Å². The minimum atomic E-state index is -0.0327. The molecule has 1 fully saturated rings. The Morgan fingerprint density at radius 2 is 2.04 bits per heavy atom. The number of amides is 3. The van der Waals surface area contributed by atoms with Crippen LogP contribution in [0.1, 0.15) is 43.5 Å². The van der Waals surface area contributed by atoms with E-state index in [-0.39, 0.29) is 23.9 Å². The zero-order valence-electron chi connectivity index (χ0n) is 15.3. The molecule has 2 aliphatic heterocycles. The lowest BCUT2D eigenvalue weighted by molar-refractivity contribution is -0.116. The maximum atomic E-state index is 12.3. The van der Waals surface area contributed by atoms with Gasteiger partial charge in [-0.3, -0.25) is 9.69 Å². The molecule has 3 amide bonds. The molecule has 4 rings (SSSR count). The SMILES string of the molecule is CC(C)n1cncc1C1CC(=O)Nc2cc(N3CCN(C)C3=O)ccc21. The molecule has 2 aromatic rings. The van der Waals surface area contributed by atoms with Gasteiger partial charge in [-0.15, -0.1) is 0 Å². The van der Waals surface area contributed by atoms with E-state index in [0.717, 1.165) is 22.6 Å². The Kier molecular flexibility index (Phi) is 3.94. The van der Waals surface area contributed by atoms with E-state index >= 15 is 0 Å². The van der Waals surface area contributed by atoms with Gasteiger partial charge in [0, 0.05) is 61.8 Å². The third-order valence-corrected chi connectivity index (χ3v) is 5.21. The van der Waals surface area contributed by atoms with Crippen molar-refractivity contribution in [3.63, 3.8) is 0 Å². The molecule has 3 heterocycles. The van der Waals surface area contributed by atoms with E-state index in [9.17, 15) is 9.59 Å². The molecule has 2 aliphatic rings. The van der Waals surface area contributed by atoms with E-state index in [2.05, 4.69) is 28.7 Å². The van der Waals surface area contributed by atoms with Gasteiger partial charge in [0.25, 0.3) is 0 Å². The van der Waals surface area contributed by atoms with Crippen molar-refractivity contribution in [3.05, 3.63) is 42.0 Å². The summed E-state index contributed by atoms with van der Waals surface area (Å²) in [5, 5.41) is 2.97. The minimum Gasteiger partial charge on any atom is -0.331 e. The van der Waals surface area contributed by atoms with Crippen LogP contribution < -0.4 is 10.2 Å². The highest BCUT2D eigenvalue weighted by atomic mass is 16.2. The number of urea groups is 1. The normalized spacial score (nSPS) is 19.9. The van der Waals surface area contributed by atoms with Crippen LogP contribution in [0.4, 0.5) is 16.2 Å². The molecule has 0 saturated carbocycles. The van der Waals surface area contributed by atoms with Crippen molar-refractivity contribution in [1.82, 2.24) is 14.5 Å². The van der Waals surface area contributed by atoms with E-state index in [0.29, 0.717) is 19.5 Å². The molecule has 1 aromatic carbocycles. The molecule has 136 valence electrons. The van der Waals surface area contributed by atoms with Crippen molar-refractivity contribution >= 4 is 23.3 Å². The number of nitrogens with one attached hydrogen (secondary N) is 1. The molecule has 0 bridgehead atoms. The first kappa shape index (κ1) is 16.6. The molecule has 0 spiro atoms. The van der Waals surface area contributed by atoms with Crippen molar-refractivity contribution in [2.75, 3.05) is 30.4 Å². The van der Waals surface area contributed by atoms with Crippen molar-refractivity contribution in [3.8, 4) is 0 Å². The van der Waals surface area contributed by atoms with Crippen LogP contribution in [-0.4, -0.2) is 46.5 Å². The molecule has 7 heteroatoms. The van der Waals surface area contributed by atoms with Crippen LogP contribution in [0.3, 0.4) is 0 Å². The first-order chi connectivity index (χ1) is 12.5. The maximum absolute atomic E-state index is 12.3. The van der Waals surface area contributed by atoms with E-state index in [4.69, 9.17) is 0 Å². The number of aromatic nitrogens is 2. The number of fused-ring (bicyclic) bond motifs is 1. The Morgan fingerprint density at radius 3 is 2.73 bits per heavy atom. The Bertz CT molecular complexity index is 873. The van der Waals surface area contributed by atoms with Gasteiger partial charge in [0.15, 0.2) is 0 Å². The summed E-state index contributed by atoms with van der Waals surface area (Å²) in [5.41, 5.74) is 3.70. The fourth-order valence-corrected chi connectivity index (χ4v) is 3.79. The standard InChI is InChI=1S/C19H23N5O2/c1-12(2)24-11-20-10-17(24)15-9-18(25)21-16-8-13(4-5-14(15)16)23-7-6-22(3)19(23)26/h4-5,8,10-12,15H,6-7,9H2,1-3H3,(H,21,25). The molecular formula is C19H23N5O2. The monoisotopic (exact) mass is 353 g/mol. The third kappa shape index (κ3) is 2.64. The topological polar surface area (TPSA) is 70.5 Å². The average Bonchev–Trinajstić information content (AvgIpc) is 3.21. The molecule has 1 N–H and O–H groups in total. The Morgan fingerprint density at radius 1 is 1.23 bits per heavy atom. The number of hydrogen-bond acceptors (Lipinski definition) is 3. The largest absolute Gasteiger partial charge is 0.331 e. The molecule has 1 atom stereocenters. The van der Waals surface area contributed by atoms with Gasteiger partial charge in [0.2, 0.25) is 5.91 Å². The summed E-state index contributed by atoms with van der Waals surface area (Å²) >= 11 is 0. The van der Waals surface area contributed by atoms with Crippen LogP contribution in [-0.2, 0) is 4.79 Å². The van der Waals surface area contributed by atoms with Crippen LogP contribution >= 0.6 is 0 Å². The molecular weight excluding hydrogens is 330 g/mol. The maximum Gasteiger partial charge on any atom is 0.324 e. The smallest absolute Gasteiger partial charge is 0.324 e. The van der Waals surface area contributed by atoms with Gasteiger partial charge in [-0.1, -0.05) is 6.07 Å². The number of carbonyl (C=O) groups is 2. The van der Waals surface area contributed by atoms with E-state index in [1.165, 1.54) is 0 Å². The lowest BCUT2D eigenvalue weighted by atomic mass is 9.87. The lowest BCUT2D eigenvalue weighted by Gasteiger charge is -2.28. The molecule has 0 radical (unpaired) electrons. The Balaban J connectivity index is 1.73. The molecule has 7 nitrogen and oxygen atoms in total. The van der Waals surface area contributed by atoms with Crippen LogP contribution in [0.2, 0.25) is 0 Å². The summed E-state index contributed by atoms with van der Waals surface area (Å²) in [6.45, 7) is 5.57. The van der Waals surface area contributed by atoms with E-state index in [1.807, 2.05) is 30.7 Å². The molecule has 1 aromatic heterocycles. The molecule has 26 heavy (non-hydrogen) atoms. The van der Waals surface area contributed by atoms with Gasteiger partial charge >= 0.3 is 6.03 Å². The number of imidazole rings is 1. The summed E-state index contributed by atoms with van der Waals surface area (Å²) in [6, 6.07) is 6.17. The van der Waals surface area contributed by atoms with E-state index < -0.39 is 0 Å². The second-order valence-electron chi connectivity index (χ2n) is 7.25. The number of rotatable bonds is 3. The predicted octanol–water partition coefficient (Wildman–Crippen LogP) is 2.81. The van der Waals surface area contributed by atoms with Crippen molar-refractivity contribution < 1.29 is 9.59 Å². The van der Waals surface area contributed by atoms with Crippen molar-refractivity contribution in [2.24, 2.45) is 0 Å². The second kappa shape index (κ2) is 6.16. The first-order valence-corrected chi connectivity index (χ1v) is 8.94. The Hall–Kier alpha value is -2.83. The highest BCUT2D eigenvalue weighted by Gasteiger charge is 2.31. The van der Waals surface area contributed by atoms with Gasteiger partial charge in [-0.05, 0) is 31.5 Å². The fourth-order valence-electron chi connectivity index (χ4n) is 3.79. The summed E-state index contributed by atoms with van der Waals surface area (Å²) in [7, 11) is 1.80. The zero-order valence-corrected chi connectivity index (χ0v) is 15.3. The molecule has 1 unspecified atom stereocenters. The quantitative estimate of drug-likeness (QED) is 0.922. The van der Waals surface area contributed by atoms with Gasteiger partial charge in [0.1, 0.15) is 0 Å². The van der Waals surface area contributed by atoms with Crippen LogP contribution in [0.15, 0.2) is 30.7 Å². The van der Waals surface area contributed by atoms with Gasteiger partial charge in [-0.2, -0.15) is 0 Å². The van der Waals surface area contributed by atoms with Crippen molar-refractivity contribution in [2.45, 2.75) is 32.2 Å². The number of likely N-dealkylation sites (N-methyl/N-ethyl adjacent to an activating group) is 1. The third-order valence-electron chi connectivity index (χ3n) is 5.21. The summed E-state index contributed by atoms with van der Waals surface area (Å²) < 4.78 is 2.11.